The van der Waals surface area contributed by atoms with Crippen LogP contribution in [0.3, 0.4) is 0 Å². The van der Waals surface area contributed by atoms with E-state index in [1.807, 2.05) is 23.6 Å². The summed E-state index contributed by atoms with van der Waals surface area (Å²) in [7, 11) is 0. The van der Waals surface area contributed by atoms with E-state index in [1.165, 1.54) is 17.4 Å². The molecule has 0 radical (unpaired) electrons. The van der Waals surface area contributed by atoms with Gasteiger partial charge in [-0.25, -0.2) is 4.79 Å². The van der Waals surface area contributed by atoms with E-state index in [1.54, 1.807) is 37.3 Å². The Labute approximate surface area is 152 Å². The van der Waals surface area contributed by atoms with Crippen molar-refractivity contribution in [1.29, 1.82) is 5.26 Å². The Bertz CT molecular complexity index is 1110. The van der Waals surface area contributed by atoms with Gasteiger partial charge in [-0.15, -0.1) is 11.3 Å². The van der Waals surface area contributed by atoms with Gasteiger partial charge < -0.3 is 5.11 Å². The van der Waals surface area contributed by atoms with Crippen LogP contribution in [0.1, 0.15) is 32.1 Å². The van der Waals surface area contributed by atoms with E-state index >= 15 is 0 Å². The van der Waals surface area contributed by atoms with Crippen molar-refractivity contribution in [2.24, 2.45) is 0 Å². The van der Waals surface area contributed by atoms with Gasteiger partial charge in [0.25, 0.3) is 5.56 Å². The third kappa shape index (κ3) is 3.18. The van der Waals surface area contributed by atoms with Crippen LogP contribution in [0.5, 0.6) is 0 Å². The van der Waals surface area contributed by atoms with Gasteiger partial charge in [-0.2, -0.15) is 15.0 Å². The molecule has 0 unspecified atom stereocenters. The molecule has 7 heteroatoms. The fraction of sp³-hybridized carbons (Fsp3) is 0.0526. The highest BCUT2D eigenvalue weighted by molar-refractivity contribution is 7.10. The standard InChI is InChI=1S/C19H13N3O3S/c1-12-5-2-3-7-16(12)22-18(23)15(11-20)14(17(21-22)19(24)25)9-8-13-6-4-10-26-13/h2-10H,1H3,(H,24,25)/b9-8+. The van der Waals surface area contributed by atoms with E-state index in [4.69, 9.17) is 0 Å². The molecule has 0 aliphatic heterocycles. The van der Waals surface area contributed by atoms with Crippen LogP contribution in [-0.4, -0.2) is 20.9 Å². The zero-order chi connectivity index (χ0) is 18.7. The lowest BCUT2D eigenvalue weighted by molar-refractivity contribution is 0.0688. The largest absolute Gasteiger partial charge is 0.476 e. The number of aromatic nitrogens is 2. The van der Waals surface area contributed by atoms with Gasteiger partial charge in [0.2, 0.25) is 0 Å². The topological polar surface area (TPSA) is 96.0 Å². The van der Waals surface area contributed by atoms with E-state index < -0.39 is 11.5 Å². The van der Waals surface area contributed by atoms with Crippen molar-refractivity contribution in [3.63, 3.8) is 0 Å². The Kier molecular flexibility index (Phi) is 4.78. The number of carboxylic acid groups (broad SMARTS) is 1. The molecule has 3 rings (SSSR count). The van der Waals surface area contributed by atoms with Crippen LogP contribution < -0.4 is 5.56 Å². The zero-order valence-corrected chi connectivity index (χ0v) is 14.5. The second-order valence-corrected chi connectivity index (χ2v) is 6.39. The predicted molar refractivity (Wildman–Crippen MR) is 99.5 cm³/mol. The average Bonchev–Trinajstić information content (AvgIpc) is 3.14. The molecular formula is C19H13N3O3S. The first-order valence-corrected chi connectivity index (χ1v) is 8.49. The number of hydrogen-bond acceptors (Lipinski definition) is 5. The molecular weight excluding hydrogens is 350 g/mol. The van der Waals surface area contributed by atoms with Crippen molar-refractivity contribution in [3.05, 3.63) is 79.4 Å². The van der Waals surface area contributed by atoms with E-state index in [2.05, 4.69) is 5.10 Å². The summed E-state index contributed by atoms with van der Waals surface area (Å²) >= 11 is 1.46. The normalized spacial score (nSPS) is 10.8. The van der Waals surface area contributed by atoms with Crippen molar-refractivity contribution < 1.29 is 9.90 Å². The van der Waals surface area contributed by atoms with Crippen molar-refractivity contribution in [1.82, 2.24) is 9.78 Å². The van der Waals surface area contributed by atoms with Gasteiger partial charge in [0.05, 0.1) is 5.69 Å². The predicted octanol–water partition coefficient (Wildman–Crippen LogP) is 3.34. The molecule has 0 aliphatic rings. The van der Waals surface area contributed by atoms with Crippen LogP contribution in [0.15, 0.2) is 46.6 Å². The molecule has 0 saturated carbocycles. The molecule has 128 valence electrons. The van der Waals surface area contributed by atoms with Gasteiger partial charge in [-0.05, 0) is 42.2 Å². The molecule has 0 aliphatic carbocycles. The molecule has 1 N–H and O–H groups in total. The number of aromatic carboxylic acids is 1. The lowest BCUT2D eigenvalue weighted by atomic mass is 10.1. The Morgan fingerprint density at radius 2 is 2.04 bits per heavy atom. The lowest BCUT2D eigenvalue weighted by Gasteiger charge is -2.11. The highest BCUT2D eigenvalue weighted by Gasteiger charge is 2.21. The minimum atomic E-state index is -1.31. The summed E-state index contributed by atoms with van der Waals surface area (Å²) in [4.78, 5) is 25.3. The van der Waals surface area contributed by atoms with Crippen LogP contribution in [0.25, 0.3) is 17.8 Å². The van der Waals surface area contributed by atoms with E-state index in [9.17, 15) is 20.0 Å². The minimum Gasteiger partial charge on any atom is -0.476 e. The highest BCUT2D eigenvalue weighted by Crippen LogP contribution is 2.18. The number of nitriles is 1. The number of carboxylic acids is 1. The molecule has 2 aromatic heterocycles. The molecule has 3 aromatic rings. The van der Waals surface area contributed by atoms with Gasteiger partial charge in [-0.3, -0.25) is 4.79 Å². The third-order valence-electron chi connectivity index (χ3n) is 3.75. The second-order valence-electron chi connectivity index (χ2n) is 5.41. The molecule has 0 spiro atoms. The summed E-state index contributed by atoms with van der Waals surface area (Å²) < 4.78 is 0.972. The van der Waals surface area contributed by atoms with Crippen LogP contribution in [0.4, 0.5) is 0 Å². The Balaban J connectivity index is 2.28. The molecule has 0 atom stereocenters. The summed E-state index contributed by atoms with van der Waals surface area (Å²) in [6.07, 6.45) is 3.11. The Morgan fingerprint density at radius 3 is 2.65 bits per heavy atom. The summed E-state index contributed by atoms with van der Waals surface area (Å²) in [5.41, 5.74) is -0.0824. The van der Waals surface area contributed by atoms with Gasteiger partial charge >= 0.3 is 5.97 Å². The maximum Gasteiger partial charge on any atom is 0.357 e. The minimum absolute atomic E-state index is 0.00299. The zero-order valence-electron chi connectivity index (χ0n) is 13.7. The summed E-state index contributed by atoms with van der Waals surface area (Å²) in [5.74, 6) is -1.31. The molecule has 0 fully saturated rings. The van der Waals surface area contributed by atoms with Gasteiger partial charge in [-0.1, -0.05) is 24.3 Å². The number of carbonyl (C=O) groups is 1. The maximum atomic E-state index is 12.8. The van der Waals surface area contributed by atoms with E-state index in [-0.39, 0.29) is 16.8 Å². The number of hydrogen-bond donors (Lipinski definition) is 1. The van der Waals surface area contributed by atoms with Crippen LogP contribution >= 0.6 is 11.3 Å². The van der Waals surface area contributed by atoms with Gasteiger partial charge in [0, 0.05) is 10.4 Å². The quantitative estimate of drug-likeness (QED) is 0.767. The lowest BCUT2D eigenvalue weighted by Crippen LogP contribution is -2.28. The number of benzene rings is 1. The summed E-state index contributed by atoms with van der Waals surface area (Å²) in [6.45, 7) is 1.78. The monoisotopic (exact) mass is 363 g/mol. The Morgan fingerprint density at radius 1 is 1.27 bits per heavy atom. The number of rotatable bonds is 4. The molecule has 26 heavy (non-hydrogen) atoms. The average molecular weight is 363 g/mol. The van der Waals surface area contributed by atoms with Crippen molar-refractivity contribution >= 4 is 29.5 Å². The molecule has 2 heterocycles. The number of thiophene rings is 1. The SMILES string of the molecule is Cc1ccccc1-n1nc(C(=O)O)c(/C=C/c2cccs2)c(C#N)c1=O. The number of para-hydroxylation sites is 1. The fourth-order valence-corrected chi connectivity index (χ4v) is 3.10. The molecule has 6 nitrogen and oxygen atoms in total. The molecule has 0 amide bonds. The smallest absolute Gasteiger partial charge is 0.357 e. The first-order chi connectivity index (χ1) is 12.5. The van der Waals surface area contributed by atoms with E-state index in [0.717, 1.165) is 15.1 Å². The summed E-state index contributed by atoms with van der Waals surface area (Å²) in [6, 6.07) is 12.5. The maximum absolute atomic E-state index is 12.8. The molecule has 0 bridgehead atoms. The van der Waals surface area contributed by atoms with Crippen molar-refractivity contribution in [2.75, 3.05) is 0 Å². The molecule has 0 saturated heterocycles. The van der Waals surface area contributed by atoms with Crippen molar-refractivity contribution in [3.8, 4) is 11.8 Å². The van der Waals surface area contributed by atoms with Gasteiger partial charge in [0.1, 0.15) is 11.6 Å². The third-order valence-corrected chi connectivity index (χ3v) is 4.58. The van der Waals surface area contributed by atoms with Crippen molar-refractivity contribution in [2.45, 2.75) is 6.92 Å². The van der Waals surface area contributed by atoms with Crippen LogP contribution in [-0.2, 0) is 0 Å². The second kappa shape index (κ2) is 7.17. The van der Waals surface area contributed by atoms with Crippen LogP contribution in [0.2, 0.25) is 0 Å². The summed E-state index contributed by atoms with van der Waals surface area (Å²) in [5, 5.41) is 24.9. The molecule has 1 aromatic carbocycles. The van der Waals surface area contributed by atoms with Crippen LogP contribution in [0, 0.1) is 18.3 Å². The first kappa shape index (κ1) is 17.3. The number of nitrogens with zero attached hydrogens (tertiary/aromatic N) is 3. The fourth-order valence-electron chi connectivity index (χ4n) is 2.48. The van der Waals surface area contributed by atoms with E-state index in [0.29, 0.717) is 5.69 Å². The Hall–Kier alpha value is -3.50. The van der Waals surface area contributed by atoms with Gasteiger partial charge in [0.15, 0.2) is 5.69 Å². The number of aryl methyl sites for hydroxylation is 1. The first-order valence-electron chi connectivity index (χ1n) is 7.61. The highest BCUT2D eigenvalue weighted by atomic mass is 32.1.